The zero-order valence-corrected chi connectivity index (χ0v) is 6.13. The maximum absolute atomic E-state index is 10.2. The van der Waals surface area contributed by atoms with Crippen LogP contribution < -0.4 is 5.32 Å². The Morgan fingerprint density at radius 3 is 2.70 bits per heavy atom. The molecule has 0 bridgehead atoms. The van der Waals surface area contributed by atoms with Crippen LogP contribution in [0.2, 0.25) is 0 Å². The highest BCUT2D eigenvalue weighted by Gasteiger charge is 2.24. The average molecular weight is 143 g/mol. The quantitative estimate of drug-likeness (QED) is 0.583. The molecule has 0 aromatic heterocycles. The third-order valence-electron chi connectivity index (χ3n) is 2.17. The predicted octanol–water partition coefficient (Wildman–Crippen LogP) is 1.44. The van der Waals surface area contributed by atoms with Gasteiger partial charge in [0.1, 0.15) is 0 Å². The predicted molar refractivity (Wildman–Crippen MR) is 38.0 cm³/mol. The topological polar surface area (TPSA) is 49.3 Å². The minimum absolute atomic E-state index is 0.206. The standard InChI is InChI=1S/C7H13NO2/c1-5-3-2-4-6(5)8-7(9)10/h5-6,8H,2-4H2,1H3,(H,9,10). The lowest BCUT2D eigenvalue weighted by Gasteiger charge is -2.13. The van der Waals surface area contributed by atoms with E-state index in [2.05, 4.69) is 12.2 Å². The van der Waals surface area contributed by atoms with Crippen LogP contribution in [0.15, 0.2) is 0 Å². The monoisotopic (exact) mass is 143 g/mol. The third-order valence-corrected chi connectivity index (χ3v) is 2.17. The number of hydrogen-bond acceptors (Lipinski definition) is 1. The molecular formula is C7H13NO2. The van der Waals surface area contributed by atoms with Gasteiger partial charge in [-0.05, 0) is 18.8 Å². The summed E-state index contributed by atoms with van der Waals surface area (Å²) < 4.78 is 0. The summed E-state index contributed by atoms with van der Waals surface area (Å²) in [4.78, 5) is 10.2. The van der Waals surface area contributed by atoms with E-state index >= 15 is 0 Å². The van der Waals surface area contributed by atoms with Crippen molar-refractivity contribution in [1.82, 2.24) is 5.32 Å². The van der Waals surface area contributed by atoms with Gasteiger partial charge in [-0.3, -0.25) is 0 Å². The highest BCUT2D eigenvalue weighted by atomic mass is 16.4. The molecule has 2 unspecified atom stereocenters. The molecule has 1 saturated carbocycles. The van der Waals surface area contributed by atoms with Gasteiger partial charge in [-0.15, -0.1) is 0 Å². The molecule has 58 valence electrons. The average Bonchev–Trinajstić information content (AvgIpc) is 2.15. The summed E-state index contributed by atoms with van der Waals surface area (Å²) in [6.45, 7) is 2.09. The first kappa shape index (κ1) is 7.38. The Bertz CT molecular complexity index is 136. The zero-order valence-electron chi connectivity index (χ0n) is 6.13. The van der Waals surface area contributed by atoms with Crippen LogP contribution in [0.3, 0.4) is 0 Å². The Hall–Kier alpha value is -0.730. The van der Waals surface area contributed by atoms with E-state index in [4.69, 9.17) is 5.11 Å². The highest BCUT2D eigenvalue weighted by molar-refractivity contribution is 5.64. The lowest BCUT2D eigenvalue weighted by atomic mass is 10.1. The number of carbonyl (C=O) groups is 1. The fraction of sp³-hybridized carbons (Fsp3) is 0.857. The molecule has 0 spiro atoms. The molecule has 0 heterocycles. The summed E-state index contributed by atoms with van der Waals surface area (Å²) in [7, 11) is 0. The van der Waals surface area contributed by atoms with Gasteiger partial charge >= 0.3 is 6.09 Å². The Morgan fingerprint density at radius 1 is 1.60 bits per heavy atom. The van der Waals surface area contributed by atoms with Crippen LogP contribution in [-0.2, 0) is 0 Å². The lowest BCUT2D eigenvalue weighted by Crippen LogP contribution is -2.35. The van der Waals surface area contributed by atoms with Gasteiger partial charge in [-0.2, -0.15) is 0 Å². The zero-order chi connectivity index (χ0) is 7.56. The summed E-state index contributed by atoms with van der Waals surface area (Å²) in [6.07, 6.45) is 2.43. The first-order valence-corrected chi connectivity index (χ1v) is 3.69. The van der Waals surface area contributed by atoms with Crippen molar-refractivity contribution in [3.8, 4) is 0 Å². The van der Waals surface area contributed by atoms with E-state index < -0.39 is 6.09 Å². The molecule has 0 aromatic carbocycles. The van der Waals surface area contributed by atoms with Crippen LogP contribution in [-0.4, -0.2) is 17.2 Å². The van der Waals surface area contributed by atoms with Crippen molar-refractivity contribution in [3.63, 3.8) is 0 Å². The summed E-state index contributed by atoms with van der Waals surface area (Å²) in [5.74, 6) is 0.524. The van der Waals surface area contributed by atoms with Gasteiger partial charge < -0.3 is 10.4 Å². The van der Waals surface area contributed by atoms with Gasteiger partial charge in [0.25, 0.3) is 0 Å². The SMILES string of the molecule is CC1CCCC1NC(=O)O. The molecule has 0 aromatic rings. The van der Waals surface area contributed by atoms with Crippen LogP contribution in [0, 0.1) is 5.92 Å². The van der Waals surface area contributed by atoms with Crippen LogP contribution in [0.5, 0.6) is 0 Å². The van der Waals surface area contributed by atoms with E-state index in [0.717, 1.165) is 19.3 Å². The summed E-state index contributed by atoms with van der Waals surface area (Å²) >= 11 is 0. The van der Waals surface area contributed by atoms with Crippen molar-refractivity contribution in [2.75, 3.05) is 0 Å². The molecule has 1 fully saturated rings. The molecule has 2 atom stereocenters. The number of amides is 1. The van der Waals surface area contributed by atoms with Crippen molar-refractivity contribution < 1.29 is 9.90 Å². The van der Waals surface area contributed by atoms with Gasteiger partial charge in [0, 0.05) is 6.04 Å². The Balaban J connectivity index is 2.33. The molecule has 10 heavy (non-hydrogen) atoms. The van der Waals surface area contributed by atoms with Crippen molar-refractivity contribution in [2.45, 2.75) is 32.2 Å². The van der Waals surface area contributed by atoms with Crippen LogP contribution >= 0.6 is 0 Å². The molecule has 0 aliphatic heterocycles. The first-order chi connectivity index (χ1) is 4.70. The molecule has 1 aliphatic carbocycles. The normalized spacial score (nSPS) is 32.1. The minimum Gasteiger partial charge on any atom is -0.465 e. The Morgan fingerprint density at radius 2 is 2.30 bits per heavy atom. The van der Waals surface area contributed by atoms with Gasteiger partial charge in [0.05, 0.1) is 0 Å². The van der Waals surface area contributed by atoms with Crippen LogP contribution in [0.1, 0.15) is 26.2 Å². The molecule has 3 heteroatoms. The summed E-state index contributed by atoms with van der Waals surface area (Å²) in [6, 6.07) is 0.206. The number of nitrogens with one attached hydrogen (secondary N) is 1. The smallest absolute Gasteiger partial charge is 0.404 e. The molecule has 1 amide bonds. The van der Waals surface area contributed by atoms with Gasteiger partial charge in [0.2, 0.25) is 0 Å². The van der Waals surface area contributed by atoms with E-state index in [-0.39, 0.29) is 6.04 Å². The van der Waals surface area contributed by atoms with Crippen molar-refractivity contribution in [1.29, 1.82) is 0 Å². The van der Waals surface area contributed by atoms with Gasteiger partial charge in [-0.25, -0.2) is 4.79 Å². The molecule has 3 nitrogen and oxygen atoms in total. The molecule has 0 radical (unpaired) electrons. The summed E-state index contributed by atoms with van der Waals surface area (Å²) in [5, 5.41) is 10.9. The molecule has 0 saturated heterocycles. The first-order valence-electron chi connectivity index (χ1n) is 3.69. The highest BCUT2D eigenvalue weighted by Crippen LogP contribution is 2.24. The van der Waals surface area contributed by atoms with E-state index in [9.17, 15) is 4.79 Å². The molecular weight excluding hydrogens is 130 g/mol. The molecule has 1 rings (SSSR count). The third kappa shape index (κ3) is 1.62. The fourth-order valence-corrected chi connectivity index (χ4v) is 1.52. The van der Waals surface area contributed by atoms with Crippen molar-refractivity contribution in [2.24, 2.45) is 5.92 Å². The second-order valence-corrected chi connectivity index (χ2v) is 2.96. The maximum Gasteiger partial charge on any atom is 0.404 e. The molecule has 1 aliphatic rings. The maximum atomic E-state index is 10.2. The van der Waals surface area contributed by atoms with Gasteiger partial charge in [-0.1, -0.05) is 13.3 Å². The van der Waals surface area contributed by atoms with Crippen molar-refractivity contribution >= 4 is 6.09 Å². The largest absolute Gasteiger partial charge is 0.465 e. The van der Waals surface area contributed by atoms with E-state index in [1.54, 1.807) is 0 Å². The van der Waals surface area contributed by atoms with E-state index in [1.165, 1.54) is 0 Å². The molecule has 2 N–H and O–H groups in total. The second kappa shape index (κ2) is 2.90. The van der Waals surface area contributed by atoms with Crippen molar-refractivity contribution in [3.05, 3.63) is 0 Å². The number of rotatable bonds is 1. The van der Waals surface area contributed by atoms with E-state index in [0.29, 0.717) is 5.92 Å². The van der Waals surface area contributed by atoms with E-state index in [1.807, 2.05) is 0 Å². The lowest BCUT2D eigenvalue weighted by molar-refractivity contribution is 0.187. The Labute approximate surface area is 60.4 Å². The van der Waals surface area contributed by atoms with Crippen LogP contribution in [0.25, 0.3) is 0 Å². The van der Waals surface area contributed by atoms with Gasteiger partial charge in [0.15, 0.2) is 0 Å². The fourth-order valence-electron chi connectivity index (χ4n) is 1.52. The minimum atomic E-state index is -0.890. The second-order valence-electron chi connectivity index (χ2n) is 2.96. The number of carboxylic acid groups (broad SMARTS) is 1. The summed E-state index contributed by atoms with van der Waals surface area (Å²) in [5.41, 5.74) is 0. The van der Waals surface area contributed by atoms with Crippen LogP contribution in [0.4, 0.5) is 4.79 Å². The Kier molecular flexibility index (Phi) is 2.14. The number of hydrogen-bond donors (Lipinski definition) is 2.